The van der Waals surface area contributed by atoms with Crippen molar-refractivity contribution in [2.45, 2.75) is 33.9 Å². The smallest absolute Gasteiger partial charge is 0.251 e. The number of rotatable bonds is 8. The number of aryl methyl sites for hydroxylation is 3. The van der Waals surface area contributed by atoms with Gasteiger partial charge in [-0.25, -0.2) is 13.4 Å². The Morgan fingerprint density at radius 1 is 0.944 bits per heavy atom. The van der Waals surface area contributed by atoms with Crippen molar-refractivity contribution in [3.63, 3.8) is 0 Å². The molecule has 1 N–H and O–H groups in total. The Bertz CT molecular complexity index is 1470. The van der Waals surface area contributed by atoms with Crippen LogP contribution in [0.4, 0.5) is 5.69 Å². The number of benzene rings is 3. The molecule has 4 rings (SSSR count). The van der Waals surface area contributed by atoms with Crippen LogP contribution in [0.3, 0.4) is 0 Å². The van der Waals surface area contributed by atoms with Gasteiger partial charge in [0.15, 0.2) is 0 Å². The van der Waals surface area contributed by atoms with Crippen molar-refractivity contribution in [1.29, 1.82) is 0 Å². The highest BCUT2D eigenvalue weighted by molar-refractivity contribution is 7.92. The van der Waals surface area contributed by atoms with E-state index in [1.54, 1.807) is 30.5 Å². The van der Waals surface area contributed by atoms with Crippen molar-refractivity contribution in [3.8, 4) is 5.69 Å². The molecule has 0 radical (unpaired) electrons. The van der Waals surface area contributed by atoms with Crippen LogP contribution in [0.25, 0.3) is 5.69 Å². The molecule has 0 spiro atoms. The van der Waals surface area contributed by atoms with Gasteiger partial charge in [-0.3, -0.25) is 9.10 Å². The zero-order valence-electron chi connectivity index (χ0n) is 20.9. The Morgan fingerprint density at radius 2 is 1.61 bits per heavy atom. The number of sulfonamides is 1. The van der Waals surface area contributed by atoms with E-state index in [0.29, 0.717) is 17.8 Å². The molecule has 36 heavy (non-hydrogen) atoms. The molecule has 0 fully saturated rings. The van der Waals surface area contributed by atoms with Gasteiger partial charge in [0.2, 0.25) is 10.0 Å². The molecule has 1 amide bonds. The van der Waals surface area contributed by atoms with Crippen LogP contribution in [-0.4, -0.2) is 30.1 Å². The van der Waals surface area contributed by atoms with E-state index in [1.165, 1.54) is 10.6 Å². The summed E-state index contributed by atoms with van der Waals surface area (Å²) in [4.78, 5) is 17.1. The Morgan fingerprint density at radius 3 is 2.22 bits per heavy atom. The topological polar surface area (TPSA) is 84.3 Å². The first-order chi connectivity index (χ1) is 17.1. The van der Waals surface area contributed by atoms with Crippen LogP contribution < -0.4 is 9.62 Å². The zero-order chi connectivity index (χ0) is 25.9. The molecule has 0 aliphatic carbocycles. The second kappa shape index (κ2) is 10.4. The van der Waals surface area contributed by atoms with E-state index in [2.05, 4.69) is 10.3 Å². The number of amides is 1. The summed E-state index contributed by atoms with van der Waals surface area (Å²) in [7, 11) is -3.51. The average Bonchev–Trinajstić information content (AvgIpc) is 3.27. The van der Waals surface area contributed by atoms with Crippen molar-refractivity contribution < 1.29 is 13.2 Å². The molecule has 0 saturated carbocycles. The third kappa shape index (κ3) is 5.49. The fourth-order valence-corrected chi connectivity index (χ4v) is 5.30. The first-order valence-corrected chi connectivity index (χ1v) is 13.5. The summed E-state index contributed by atoms with van der Waals surface area (Å²) < 4.78 is 28.7. The van der Waals surface area contributed by atoms with Crippen LogP contribution in [0.15, 0.2) is 79.1 Å². The molecule has 8 heteroatoms. The molecule has 4 aromatic rings. The van der Waals surface area contributed by atoms with Gasteiger partial charge in [-0.2, -0.15) is 0 Å². The molecule has 1 aromatic heterocycles. The van der Waals surface area contributed by atoms with E-state index in [0.717, 1.165) is 33.8 Å². The van der Waals surface area contributed by atoms with Crippen molar-refractivity contribution in [2.75, 3.05) is 10.6 Å². The SMILES string of the molecule is Cc1cccc(C)c1N(Cc1ccc(C(=O)NCc2ccccc2-n2ccnc2C)cc1)S(C)(=O)=O. The molecular weight excluding hydrogens is 472 g/mol. The lowest BCUT2D eigenvalue weighted by atomic mass is 10.1. The monoisotopic (exact) mass is 502 g/mol. The van der Waals surface area contributed by atoms with Crippen LogP contribution in [-0.2, 0) is 23.1 Å². The van der Waals surface area contributed by atoms with E-state index >= 15 is 0 Å². The number of carbonyl (C=O) groups is 1. The summed E-state index contributed by atoms with van der Waals surface area (Å²) in [6.07, 6.45) is 4.86. The fraction of sp³-hybridized carbons (Fsp3) is 0.214. The Hall–Kier alpha value is -3.91. The molecule has 0 unspecified atom stereocenters. The fourth-order valence-electron chi connectivity index (χ4n) is 4.29. The highest BCUT2D eigenvalue weighted by Gasteiger charge is 2.21. The highest BCUT2D eigenvalue weighted by atomic mass is 32.2. The van der Waals surface area contributed by atoms with Crippen LogP contribution in [0, 0.1) is 20.8 Å². The van der Waals surface area contributed by atoms with Crippen molar-refractivity contribution in [3.05, 3.63) is 113 Å². The summed E-state index contributed by atoms with van der Waals surface area (Å²) in [5, 5.41) is 2.98. The predicted molar refractivity (Wildman–Crippen MR) is 143 cm³/mol. The first kappa shape index (κ1) is 25.2. The van der Waals surface area contributed by atoms with E-state index < -0.39 is 10.0 Å². The molecule has 0 aliphatic rings. The van der Waals surface area contributed by atoms with Gasteiger partial charge in [0.1, 0.15) is 5.82 Å². The van der Waals surface area contributed by atoms with E-state index in [-0.39, 0.29) is 12.5 Å². The number of para-hydroxylation sites is 2. The highest BCUT2D eigenvalue weighted by Crippen LogP contribution is 2.28. The number of imidazole rings is 1. The molecule has 186 valence electrons. The maximum absolute atomic E-state index is 12.8. The van der Waals surface area contributed by atoms with Gasteiger partial charge in [-0.05, 0) is 61.2 Å². The standard InChI is InChI=1S/C28H30N4O3S/c1-20-8-7-9-21(2)27(20)32(36(4,34)35)19-23-12-14-24(15-13-23)28(33)30-18-25-10-5-6-11-26(25)31-17-16-29-22(31)3/h5-17H,18-19H2,1-4H3,(H,30,33). The number of carbonyl (C=O) groups excluding carboxylic acids is 1. The van der Waals surface area contributed by atoms with Gasteiger partial charge in [-0.1, -0.05) is 48.5 Å². The van der Waals surface area contributed by atoms with Crippen molar-refractivity contribution in [1.82, 2.24) is 14.9 Å². The minimum Gasteiger partial charge on any atom is -0.348 e. The van der Waals surface area contributed by atoms with E-state index in [1.807, 2.05) is 74.0 Å². The first-order valence-electron chi connectivity index (χ1n) is 11.6. The summed E-state index contributed by atoms with van der Waals surface area (Å²) in [6, 6.07) is 20.6. The Balaban J connectivity index is 1.48. The lowest BCUT2D eigenvalue weighted by Crippen LogP contribution is -2.30. The van der Waals surface area contributed by atoms with Gasteiger partial charge in [0.25, 0.3) is 5.91 Å². The largest absolute Gasteiger partial charge is 0.348 e. The quantitative estimate of drug-likeness (QED) is 0.379. The molecule has 1 heterocycles. The van der Waals surface area contributed by atoms with Gasteiger partial charge < -0.3 is 9.88 Å². The summed E-state index contributed by atoms with van der Waals surface area (Å²) >= 11 is 0. The number of aromatic nitrogens is 2. The minimum atomic E-state index is -3.51. The molecule has 0 saturated heterocycles. The van der Waals surface area contributed by atoms with Crippen LogP contribution in [0.2, 0.25) is 0 Å². The molecule has 3 aromatic carbocycles. The van der Waals surface area contributed by atoms with Crippen LogP contribution in [0.1, 0.15) is 38.4 Å². The maximum atomic E-state index is 12.8. The van der Waals surface area contributed by atoms with Gasteiger partial charge in [-0.15, -0.1) is 0 Å². The van der Waals surface area contributed by atoms with Gasteiger partial charge in [0.05, 0.1) is 24.2 Å². The van der Waals surface area contributed by atoms with Crippen molar-refractivity contribution in [2.24, 2.45) is 0 Å². The molecule has 0 bridgehead atoms. The third-order valence-corrected chi connectivity index (χ3v) is 7.26. The lowest BCUT2D eigenvalue weighted by Gasteiger charge is -2.26. The molecule has 0 atom stereocenters. The van der Waals surface area contributed by atoms with Crippen LogP contribution in [0.5, 0.6) is 0 Å². The van der Waals surface area contributed by atoms with Gasteiger partial charge in [0, 0.05) is 24.5 Å². The van der Waals surface area contributed by atoms with Gasteiger partial charge >= 0.3 is 0 Å². The lowest BCUT2D eigenvalue weighted by molar-refractivity contribution is 0.0951. The predicted octanol–water partition coefficient (Wildman–Crippen LogP) is 4.69. The summed E-state index contributed by atoms with van der Waals surface area (Å²) in [5.41, 5.74) is 5.71. The second-order valence-electron chi connectivity index (χ2n) is 8.86. The summed E-state index contributed by atoms with van der Waals surface area (Å²) in [6.45, 7) is 6.29. The third-order valence-electron chi connectivity index (χ3n) is 6.15. The Kier molecular flexibility index (Phi) is 7.26. The minimum absolute atomic E-state index is 0.185. The molecule has 7 nitrogen and oxygen atoms in total. The van der Waals surface area contributed by atoms with E-state index in [4.69, 9.17) is 0 Å². The second-order valence-corrected chi connectivity index (χ2v) is 10.8. The summed E-state index contributed by atoms with van der Waals surface area (Å²) in [5.74, 6) is 0.668. The number of hydrogen-bond donors (Lipinski definition) is 1. The molecular formula is C28H30N4O3S. The average molecular weight is 503 g/mol. The maximum Gasteiger partial charge on any atom is 0.251 e. The molecule has 0 aliphatic heterocycles. The van der Waals surface area contributed by atoms with E-state index in [9.17, 15) is 13.2 Å². The van der Waals surface area contributed by atoms with Crippen LogP contribution >= 0.6 is 0 Å². The number of hydrogen-bond acceptors (Lipinski definition) is 4. The van der Waals surface area contributed by atoms with Crippen molar-refractivity contribution >= 4 is 21.6 Å². The Labute approximate surface area is 212 Å². The number of nitrogens with one attached hydrogen (secondary N) is 1. The zero-order valence-corrected chi connectivity index (χ0v) is 21.7. The number of anilines is 1. The normalized spacial score (nSPS) is 11.3. The number of nitrogens with zero attached hydrogens (tertiary/aromatic N) is 3.